The molecule has 0 saturated heterocycles. The maximum Gasteiger partial charge on any atom is 0.0590 e. The molecule has 0 aromatic heterocycles. The molecule has 0 aliphatic heterocycles. The Morgan fingerprint density at radius 3 is 2.60 bits per heavy atom. The van der Waals surface area contributed by atoms with Crippen LogP contribution in [0.25, 0.3) is 0 Å². The third-order valence-corrected chi connectivity index (χ3v) is 3.89. The summed E-state index contributed by atoms with van der Waals surface area (Å²) in [6, 6.07) is 0. The number of hydrogen-bond donors (Lipinski definition) is 1. The molecular formula is C12H24ClNO. The van der Waals surface area contributed by atoms with Gasteiger partial charge in [-0.3, -0.25) is 0 Å². The minimum atomic E-state index is 0.367. The molecule has 0 aromatic rings. The lowest BCUT2D eigenvalue weighted by atomic mass is 9.75. The van der Waals surface area contributed by atoms with Crippen LogP contribution < -0.4 is 5.32 Å². The Morgan fingerprint density at radius 2 is 2.00 bits per heavy atom. The van der Waals surface area contributed by atoms with E-state index in [0.29, 0.717) is 5.41 Å². The van der Waals surface area contributed by atoms with E-state index in [1.807, 2.05) is 6.92 Å². The van der Waals surface area contributed by atoms with Crippen molar-refractivity contribution in [1.82, 2.24) is 5.32 Å². The zero-order valence-corrected chi connectivity index (χ0v) is 10.6. The molecule has 15 heavy (non-hydrogen) atoms. The Bertz CT molecular complexity index is 158. The number of nitrogens with one attached hydrogen (secondary N) is 1. The van der Waals surface area contributed by atoms with Crippen molar-refractivity contribution >= 4 is 11.6 Å². The third kappa shape index (κ3) is 4.71. The van der Waals surface area contributed by atoms with Gasteiger partial charge in [-0.05, 0) is 25.2 Å². The molecule has 3 heteroatoms. The van der Waals surface area contributed by atoms with Crippen molar-refractivity contribution in [3.05, 3.63) is 0 Å². The zero-order valence-electron chi connectivity index (χ0n) is 9.86. The molecule has 2 nitrogen and oxygen atoms in total. The Morgan fingerprint density at radius 1 is 1.27 bits per heavy atom. The summed E-state index contributed by atoms with van der Waals surface area (Å²) >= 11 is 6.11. The second-order valence-electron chi connectivity index (χ2n) is 4.57. The first kappa shape index (κ1) is 13.3. The normalized spacial score (nSPS) is 20.4. The van der Waals surface area contributed by atoms with Gasteiger partial charge in [-0.25, -0.2) is 0 Å². The van der Waals surface area contributed by atoms with Crippen LogP contribution in [0.5, 0.6) is 0 Å². The van der Waals surface area contributed by atoms with Crippen molar-refractivity contribution in [2.75, 3.05) is 32.2 Å². The average molecular weight is 234 g/mol. The highest BCUT2D eigenvalue weighted by Gasteiger charge is 2.30. The summed E-state index contributed by atoms with van der Waals surface area (Å²) in [5.41, 5.74) is 0.367. The second-order valence-corrected chi connectivity index (χ2v) is 4.84. The van der Waals surface area contributed by atoms with Crippen molar-refractivity contribution in [2.45, 2.75) is 39.0 Å². The van der Waals surface area contributed by atoms with E-state index in [4.69, 9.17) is 16.3 Å². The fraction of sp³-hybridized carbons (Fsp3) is 1.00. The lowest BCUT2D eigenvalue weighted by Gasteiger charge is -2.35. The largest absolute Gasteiger partial charge is 0.380 e. The molecule has 0 unspecified atom stereocenters. The van der Waals surface area contributed by atoms with Crippen molar-refractivity contribution in [2.24, 2.45) is 5.41 Å². The van der Waals surface area contributed by atoms with Crippen LogP contribution >= 0.6 is 11.6 Å². The van der Waals surface area contributed by atoms with E-state index in [0.717, 1.165) is 32.2 Å². The van der Waals surface area contributed by atoms with Crippen molar-refractivity contribution < 1.29 is 4.74 Å². The molecular weight excluding hydrogens is 210 g/mol. The Balaban J connectivity index is 2.15. The molecule has 0 aromatic carbocycles. The predicted molar refractivity (Wildman–Crippen MR) is 65.6 cm³/mol. The quantitative estimate of drug-likeness (QED) is 0.540. The number of hydrogen-bond acceptors (Lipinski definition) is 2. The molecule has 0 heterocycles. The van der Waals surface area contributed by atoms with Crippen LogP contribution in [0.3, 0.4) is 0 Å². The molecule has 0 atom stereocenters. The predicted octanol–water partition coefficient (Wildman–Crippen LogP) is 2.80. The molecule has 1 aliphatic rings. The molecule has 0 radical (unpaired) electrons. The minimum absolute atomic E-state index is 0.367. The summed E-state index contributed by atoms with van der Waals surface area (Å²) < 4.78 is 5.29. The maximum absolute atomic E-state index is 6.11. The van der Waals surface area contributed by atoms with Crippen LogP contribution in [0.4, 0.5) is 0 Å². The molecule has 90 valence electrons. The highest BCUT2D eigenvalue weighted by atomic mass is 35.5. The molecule has 0 spiro atoms. The summed E-state index contributed by atoms with van der Waals surface area (Å²) in [6.07, 6.45) is 6.66. The Kier molecular flexibility index (Phi) is 6.62. The maximum atomic E-state index is 6.11. The van der Waals surface area contributed by atoms with Gasteiger partial charge >= 0.3 is 0 Å². The standard InChI is InChI=1S/C12H24ClNO/c1-2-15-9-8-14-11-12(10-13)6-4-3-5-7-12/h14H,2-11H2,1H3. The van der Waals surface area contributed by atoms with Gasteiger partial charge in [0.2, 0.25) is 0 Å². The fourth-order valence-electron chi connectivity index (χ4n) is 2.30. The summed E-state index contributed by atoms with van der Waals surface area (Å²) in [4.78, 5) is 0. The van der Waals surface area contributed by atoms with Gasteiger partial charge in [0.15, 0.2) is 0 Å². The van der Waals surface area contributed by atoms with Crippen molar-refractivity contribution in [3.8, 4) is 0 Å². The van der Waals surface area contributed by atoms with E-state index < -0.39 is 0 Å². The summed E-state index contributed by atoms with van der Waals surface area (Å²) in [5.74, 6) is 0.800. The zero-order chi connectivity index (χ0) is 11.0. The number of halogens is 1. The molecule has 1 fully saturated rings. The highest BCUT2D eigenvalue weighted by Crippen LogP contribution is 2.36. The first-order valence-corrected chi connectivity index (χ1v) is 6.71. The lowest BCUT2D eigenvalue weighted by Crippen LogP contribution is -2.38. The molecule has 0 bridgehead atoms. The molecule has 1 N–H and O–H groups in total. The Hall–Kier alpha value is 0.210. The van der Waals surface area contributed by atoms with Gasteiger partial charge in [0, 0.05) is 25.6 Å². The molecule has 1 rings (SSSR count). The number of rotatable bonds is 7. The van der Waals surface area contributed by atoms with Crippen LogP contribution in [0, 0.1) is 5.41 Å². The third-order valence-electron chi connectivity index (χ3n) is 3.32. The van der Waals surface area contributed by atoms with Crippen LogP contribution in [0.15, 0.2) is 0 Å². The first-order chi connectivity index (χ1) is 7.33. The van der Waals surface area contributed by atoms with Gasteiger partial charge in [-0.2, -0.15) is 0 Å². The van der Waals surface area contributed by atoms with Crippen molar-refractivity contribution in [1.29, 1.82) is 0 Å². The van der Waals surface area contributed by atoms with E-state index in [-0.39, 0.29) is 0 Å². The van der Waals surface area contributed by atoms with Crippen LogP contribution in [0.2, 0.25) is 0 Å². The van der Waals surface area contributed by atoms with E-state index in [1.165, 1.54) is 32.1 Å². The van der Waals surface area contributed by atoms with Crippen molar-refractivity contribution in [3.63, 3.8) is 0 Å². The van der Waals surface area contributed by atoms with Gasteiger partial charge < -0.3 is 10.1 Å². The molecule has 0 amide bonds. The highest BCUT2D eigenvalue weighted by molar-refractivity contribution is 6.18. The first-order valence-electron chi connectivity index (χ1n) is 6.17. The van der Waals surface area contributed by atoms with Crippen LogP contribution in [-0.2, 0) is 4.74 Å². The summed E-state index contributed by atoms with van der Waals surface area (Å²) in [7, 11) is 0. The summed E-state index contributed by atoms with van der Waals surface area (Å²) in [5, 5.41) is 3.47. The van der Waals surface area contributed by atoms with Crippen LogP contribution in [-0.4, -0.2) is 32.2 Å². The SMILES string of the molecule is CCOCCNCC1(CCl)CCCCC1. The smallest absolute Gasteiger partial charge is 0.0590 e. The average Bonchev–Trinajstić information content (AvgIpc) is 2.30. The minimum Gasteiger partial charge on any atom is -0.380 e. The van der Waals surface area contributed by atoms with Gasteiger partial charge in [0.05, 0.1) is 6.61 Å². The van der Waals surface area contributed by atoms with E-state index in [2.05, 4.69) is 5.32 Å². The van der Waals surface area contributed by atoms with Gasteiger partial charge in [0.1, 0.15) is 0 Å². The number of alkyl halides is 1. The molecule has 1 saturated carbocycles. The monoisotopic (exact) mass is 233 g/mol. The fourth-order valence-corrected chi connectivity index (χ4v) is 2.66. The second kappa shape index (κ2) is 7.48. The lowest BCUT2D eigenvalue weighted by molar-refractivity contribution is 0.141. The Labute approximate surface area is 98.7 Å². The topological polar surface area (TPSA) is 21.3 Å². The van der Waals surface area contributed by atoms with Crippen LogP contribution in [0.1, 0.15) is 39.0 Å². The molecule has 1 aliphatic carbocycles. The van der Waals surface area contributed by atoms with E-state index in [1.54, 1.807) is 0 Å². The van der Waals surface area contributed by atoms with Gasteiger partial charge in [0.25, 0.3) is 0 Å². The van der Waals surface area contributed by atoms with Gasteiger partial charge in [-0.1, -0.05) is 19.3 Å². The van der Waals surface area contributed by atoms with E-state index in [9.17, 15) is 0 Å². The van der Waals surface area contributed by atoms with Gasteiger partial charge in [-0.15, -0.1) is 11.6 Å². The summed E-state index contributed by atoms with van der Waals surface area (Å²) in [6.45, 7) is 5.66. The van der Waals surface area contributed by atoms with E-state index >= 15 is 0 Å². The number of ether oxygens (including phenoxy) is 1.